The summed E-state index contributed by atoms with van der Waals surface area (Å²) >= 11 is 0. The molecule has 7 aromatic carbocycles. The van der Waals surface area contributed by atoms with E-state index in [0.29, 0.717) is 5.56 Å². The average molecular weight is 651 g/mol. The molecule has 0 spiro atoms. The highest BCUT2D eigenvalue weighted by molar-refractivity contribution is 6.10. The summed E-state index contributed by atoms with van der Waals surface area (Å²) in [5, 5.41) is 11.6. The Labute approximate surface area is 296 Å². The number of fused-ring (bicyclic) bond motifs is 3. The van der Waals surface area contributed by atoms with Crippen LogP contribution in [0.4, 0.5) is 0 Å². The van der Waals surface area contributed by atoms with Crippen LogP contribution in [0.5, 0.6) is 0 Å². The van der Waals surface area contributed by atoms with E-state index in [1.54, 1.807) is 0 Å². The third kappa shape index (κ3) is 5.44. The van der Waals surface area contributed by atoms with E-state index >= 15 is 0 Å². The van der Waals surface area contributed by atoms with Gasteiger partial charge in [-0.15, -0.1) is 0 Å². The summed E-state index contributed by atoms with van der Waals surface area (Å²) in [6.45, 7) is 0. The number of nitriles is 1. The molecule has 4 heteroatoms. The minimum absolute atomic E-state index is 0.642. The molecule has 0 radical (unpaired) electrons. The third-order valence-corrected chi connectivity index (χ3v) is 9.47. The highest BCUT2D eigenvalue weighted by atomic mass is 15.1. The van der Waals surface area contributed by atoms with Crippen LogP contribution in [0.25, 0.3) is 83.6 Å². The fraction of sp³-hybridized carbons (Fsp3) is 0. The maximum atomic E-state index is 9.30. The van der Waals surface area contributed by atoms with E-state index in [0.717, 1.165) is 83.6 Å². The number of aromatic nitrogens is 3. The molecular weight excluding hydrogens is 621 g/mol. The zero-order valence-electron chi connectivity index (χ0n) is 27.6. The van der Waals surface area contributed by atoms with Gasteiger partial charge in [-0.25, -0.2) is 9.97 Å². The van der Waals surface area contributed by atoms with E-state index in [1.807, 2.05) is 66.7 Å². The van der Waals surface area contributed by atoms with Crippen molar-refractivity contribution in [3.63, 3.8) is 0 Å². The lowest BCUT2D eigenvalue weighted by atomic mass is 10.00. The van der Waals surface area contributed by atoms with Crippen LogP contribution < -0.4 is 0 Å². The Balaban J connectivity index is 1.35. The van der Waals surface area contributed by atoms with Crippen molar-refractivity contribution in [2.24, 2.45) is 0 Å². The number of rotatable bonds is 6. The number of para-hydroxylation sites is 1. The summed E-state index contributed by atoms with van der Waals surface area (Å²) in [5.41, 5.74) is 12.6. The Morgan fingerprint density at radius 3 is 1.45 bits per heavy atom. The highest BCUT2D eigenvalue weighted by Gasteiger charge is 2.23. The topological polar surface area (TPSA) is 54.5 Å². The minimum atomic E-state index is 0.642. The lowest BCUT2D eigenvalue weighted by molar-refractivity contribution is 1.05. The minimum Gasteiger partial charge on any atom is -0.292 e. The first-order valence-electron chi connectivity index (χ1n) is 17.0. The van der Waals surface area contributed by atoms with Gasteiger partial charge in [-0.05, 0) is 46.5 Å². The molecule has 0 aliphatic heterocycles. The zero-order chi connectivity index (χ0) is 34.1. The first kappa shape index (κ1) is 30.0. The Morgan fingerprint density at radius 2 is 0.824 bits per heavy atom. The van der Waals surface area contributed by atoms with Crippen molar-refractivity contribution >= 4 is 21.8 Å². The van der Waals surface area contributed by atoms with E-state index in [1.165, 1.54) is 0 Å². The molecule has 0 fully saturated rings. The first-order valence-corrected chi connectivity index (χ1v) is 17.0. The molecule has 0 atom stereocenters. The van der Waals surface area contributed by atoms with Crippen LogP contribution in [0.3, 0.4) is 0 Å². The van der Waals surface area contributed by atoms with Crippen LogP contribution in [-0.4, -0.2) is 14.5 Å². The second kappa shape index (κ2) is 12.7. The van der Waals surface area contributed by atoms with Crippen LogP contribution in [0.1, 0.15) is 5.56 Å². The quantitative estimate of drug-likeness (QED) is 0.180. The van der Waals surface area contributed by atoms with Crippen molar-refractivity contribution in [3.05, 3.63) is 188 Å². The Morgan fingerprint density at radius 1 is 0.373 bits per heavy atom. The smallest absolute Gasteiger partial charge is 0.165 e. The second-order valence-corrected chi connectivity index (χ2v) is 12.5. The van der Waals surface area contributed by atoms with E-state index in [9.17, 15) is 5.26 Å². The van der Waals surface area contributed by atoms with Gasteiger partial charge in [0.1, 0.15) is 5.69 Å². The number of hydrogen-bond acceptors (Lipinski definition) is 3. The predicted molar refractivity (Wildman–Crippen MR) is 208 cm³/mol. The number of hydrogen-bond donors (Lipinski definition) is 0. The van der Waals surface area contributed by atoms with Crippen LogP contribution in [0, 0.1) is 11.3 Å². The van der Waals surface area contributed by atoms with Crippen LogP contribution in [0.15, 0.2) is 182 Å². The Hall–Kier alpha value is -7.09. The van der Waals surface area contributed by atoms with Gasteiger partial charge in [0.25, 0.3) is 0 Å². The fourth-order valence-corrected chi connectivity index (χ4v) is 6.94. The van der Waals surface area contributed by atoms with Gasteiger partial charge in [-0.3, -0.25) is 4.57 Å². The summed E-state index contributed by atoms with van der Waals surface area (Å²) in [6.07, 6.45) is 0. The molecular formula is C47H30N4. The van der Waals surface area contributed by atoms with Gasteiger partial charge in [0.05, 0.1) is 34.1 Å². The summed E-state index contributed by atoms with van der Waals surface area (Å²) in [5.74, 6) is 0.760. The van der Waals surface area contributed by atoms with Crippen molar-refractivity contribution in [3.8, 4) is 67.9 Å². The van der Waals surface area contributed by atoms with Crippen molar-refractivity contribution in [1.82, 2.24) is 14.5 Å². The van der Waals surface area contributed by atoms with E-state index < -0.39 is 0 Å². The Kier molecular flexibility index (Phi) is 7.50. The molecule has 4 nitrogen and oxygen atoms in total. The molecule has 0 amide bonds. The van der Waals surface area contributed by atoms with Crippen LogP contribution in [-0.2, 0) is 0 Å². The summed E-state index contributed by atoms with van der Waals surface area (Å²) in [7, 11) is 0. The molecule has 9 aromatic rings. The van der Waals surface area contributed by atoms with Gasteiger partial charge in [0.2, 0.25) is 0 Å². The summed E-state index contributed by atoms with van der Waals surface area (Å²) in [4.78, 5) is 11.2. The molecule has 0 bridgehead atoms. The number of nitrogens with zero attached hydrogens (tertiary/aromatic N) is 4. The fourth-order valence-electron chi connectivity index (χ4n) is 6.94. The van der Waals surface area contributed by atoms with Gasteiger partial charge in [0, 0.05) is 27.5 Å². The molecule has 0 unspecified atom stereocenters. The molecule has 0 saturated heterocycles. The van der Waals surface area contributed by atoms with Gasteiger partial charge in [-0.2, -0.15) is 5.26 Å². The largest absolute Gasteiger partial charge is 0.292 e. The molecule has 51 heavy (non-hydrogen) atoms. The SMILES string of the molecule is N#Cc1ccc(-c2ccc(-c3nc(-c4ccccc4)c(-c4ccccc4)nc3-n3c4ccccc4c4ccc(-c5ccccc5)cc43)cc2)cc1. The third-order valence-electron chi connectivity index (χ3n) is 9.47. The molecule has 2 heterocycles. The van der Waals surface area contributed by atoms with E-state index in [-0.39, 0.29) is 0 Å². The normalized spacial score (nSPS) is 11.1. The van der Waals surface area contributed by atoms with Gasteiger partial charge < -0.3 is 0 Å². The second-order valence-electron chi connectivity index (χ2n) is 12.5. The van der Waals surface area contributed by atoms with Crippen LogP contribution in [0.2, 0.25) is 0 Å². The summed E-state index contributed by atoms with van der Waals surface area (Å²) in [6, 6.07) is 64.8. The van der Waals surface area contributed by atoms with Crippen molar-refractivity contribution in [2.75, 3.05) is 0 Å². The van der Waals surface area contributed by atoms with E-state index in [4.69, 9.17) is 9.97 Å². The van der Waals surface area contributed by atoms with E-state index in [2.05, 4.69) is 126 Å². The molecule has 0 aliphatic carbocycles. The molecule has 2 aromatic heterocycles. The lowest BCUT2D eigenvalue weighted by Gasteiger charge is -2.18. The van der Waals surface area contributed by atoms with Gasteiger partial charge in [-0.1, -0.05) is 158 Å². The van der Waals surface area contributed by atoms with Crippen LogP contribution >= 0.6 is 0 Å². The molecule has 9 rings (SSSR count). The zero-order valence-corrected chi connectivity index (χ0v) is 27.6. The molecule has 238 valence electrons. The average Bonchev–Trinajstić information content (AvgIpc) is 3.55. The van der Waals surface area contributed by atoms with Crippen molar-refractivity contribution in [2.45, 2.75) is 0 Å². The maximum absolute atomic E-state index is 9.30. The first-order chi connectivity index (χ1) is 25.2. The van der Waals surface area contributed by atoms with Crippen molar-refractivity contribution < 1.29 is 0 Å². The highest BCUT2D eigenvalue weighted by Crippen LogP contribution is 2.40. The standard InChI is InChI=1S/C47H30N4/c48-31-32-20-22-34(23-21-32)35-24-26-38(27-25-35)46-47(50-45(37-16-8-3-9-17-37)44(49-46)36-14-6-2-7-15-36)51-42-19-11-10-18-40(42)41-29-28-39(30-43(41)51)33-12-4-1-5-13-33/h1-30H. The summed E-state index contributed by atoms with van der Waals surface area (Å²) < 4.78 is 2.29. The van der Waals surface area contributed by atoms with Crippen molar-refractivity contribution in [1.29, 1.82) is 5.26 Å². The lowest BCUT2D eigenvalue weighted by Crippen LogP contribution is -2.06. The van der Waals surface area contributed by atoms with Gasteiger partial charge in [0.15, 0.2) is 5.82 Å². The number of benzene rings is 7. The maximum Gasteiger partial charge on any atom is 0.165 e. The molecule has 0 aliphatic rings. The molecule has 0 saturated carbocycles. The predicted octanol–water partition coefficient (Wildman–Crippen LogP) is 11.8. The van der Waals surface area contributed by atoms with Gasteiger partial charge >= 0.3 is 0 Å². The Bertz CT molecular complexity index is 2710. The monoisotopic (exact) mass is 650 g/mol. The molecule has 0 N–H and O–H groups in total.